The number of hydrogen-bond acceptors (Lipinski definition) is 3. The van der Waals surface area contributed by atoms with Gasteiger partial charge in [-0.05, 0) is 32.1 Å². The molecule has 102 valence electrons. The second-order valence-electron chi connectivity index (χ2n) is 4.87. The van der Waals surface area contributed by atoms with E-state index in [1.807, 2.05) is 61.0 Å². The van der Waals surface area contributed by atoms with Gasteiger partial charge in [0.2, 0.25) is 0 Å². The van der Waals surface area contributed by atoms with Gasteiger partial charge in [0.1, 0.15) is 17.4 Å². The molecular formula is C16H16N2O2. The van der Waals surface area contributed by atoms with E-state index in [1.54, 1.807) is 0 Å². The van der Waals surface area contributed by atoms with Gasteiger partial charge in [0.15, 0.2) is 0 Å². The third kappa shape index (κ3) is 2.03. The Labute approximate surface area is 117 Å². The second kappa shape index (κ2) is 4.96. The predicted octanol–water partition coefficient (Wildman–Crippen LogP) is 3.01. The highest BCUT2D eigenvalue weighted by atomic mass is 16.5. The Bertz CT molecular complexity index is 671. The summed E-state index contributed by atoms with van der Waals surface area (Å²) < 4.78 is 7.17. The number of ether oxygens (including phenoxy) is 1. The fourth-order valence-corrected chi connectivity index (χ4v) is 2.50. The number of esters is 1. The van der Waals surface area contributed by atoms with Crippen molar-refractivity contribution in [2.75, 3.05) is 0 Å². The van der Waals surface area contributed by atoms with E-state index in [0.29, 0.717) is 17.7 Å². The van der Waals surface area contributed by atoms with Crippen LogP contribution in [0.1, 0.15) is 35.6 Å². The first-order valence-electron chi connectivity index (χ1n) is 6.71. The van der Waals surface area contributed by atoms with Gasteiger partial charge in [0, 0.05) is 6.42 Å². The van der Waals surface area contributed by atoms with Crippen molar-refractivity contribution in [2.45, 2.75) is 26.4 Å². The van der Waals surface area contributed by atoms with Crippen LogP contribution in [0.5, 0.6) is 0 Å². The summed E-state index contributed by atoms with van der Waals surface area (Å²) in [5, 5.41) is 4.57. The molecule has 0 fully saturated rings. The van der Waals surface area contributed by atoms with Gasteiger partial charge in [-0.15, -0.1) is 0 Å². The van der Waals surface area contributed by atoms with E-state index in [1.165, 1.54) is 0 Å². The van der Waals surface area contributed by atoms with Crippen LogP contribution in [0.4, 0.5) is 0 Å². The molecule has 3 rings (SSSR count). The SMILES string of the molecule is C/C=C/c1nn(-c2ccccc2)c2c1C(=O)OC(C)C2. The van der Waals surface area contributed by atoms with Crippen LogP contribution in [0.25, 0.3) is 11.8 Å². The third-order valence-electron chi connectivity index (χ3n) is 3.33. The highest BCUT2D eigenvalue weighted by Crippen LogP contribution is 2.27. The van der Waals surface area contributed by atoms with E-state index in [0.717, 1.165) is 11.4 Å². The van der Waals surface area contributed by atoms with Gasteiger partial charge < -0.3 is 4.74 Å². The molecule has 4 nitrogen and oxygen atoms in total. The fourth-order valence-electron chi connectivity index (χ4n) is 2.50. The molecule has 0 bridgehead atoms. The van der Waals surface area contributed by atoms with Crippen LogP contribution in [0.3, 0.4) is 0 Å². The van der Waals surface area contributed by atoms with E-state index in [2.05, 4.69) is 5.10 Å². The molecule has 1 aromatic heterocycles. The molecule has 1 aliphatic heterocycles. The number of rotatable bonds is 2. The molecule has 1 aromatic carbocycles. The van der Waals surface area contributed by atoms with Gasteiger partial charge in [-0.1, -0.05) is 24.3 Å². The third-order valence-corrected chi connectivity index (χ3v) is 3.33. The smallest absolute Gasteiger partial charge is 0.342 e. The highest BCUT2D eigenvalue weighted by Gasteiger charge is 2.31. The number of carbonyl (C=O) groups excluding carboxylic acids is 1. The van der Waals surface area contributed by atoms with Gasteiger partial charge in [0.05, 0.1) is 11.4 Å². The van der Waals surface area contributed by atoms with Crippen molar-refractivity contribution in [2.24, 2.45) is 0 Å². The van der Waals surface area contributed by atoms with Gasteiger partial charge in [-0.25, -0.2) is 9.48 Å². The van der Waals surface area contributed by atoms with Gasteiger partial charge in [-0.3, -0.25) is 0 Å². The molecule has 1 aliphatic rings. The summed E-state index contributed by atoms with van der Waals surface area (Å²) in [5.74, 6) is -0.283. The standard InChI is InChI=1S/C16H16N2O2/c1-3-7-13-15-14(10-11(2)20-16(15)19)18(17-13)12-8-5-4-6-9-12/h3-9,11H,10H2,1-2H3/b7-3+. The van der Waals surface area contributed by atoms with Crippen LogP contribution < -0.4 is 0 Å². The molecule has 4 heteroatoms. The van der Waals surface area contributed by atoms with Crippen LogP contribution in [0.15, 0.2) is 36.4 Å². The Morgan fingerprint density at radius 1 is 1.35 bits per heavy atom. The predicted molar refractivity (Wildman–Crippen MR) is 76.9 cm³/mol. The number of aromatic nitrogens is 2. The number of hydrogen-bond donors (Lipinski definition) is 0. The molecule has 0 N–H and O–H groups in total. The molecule has 20 heavy (non-hydrogen) atoms. The maximum atomic E-state index is 12.1. The summed E-state index contributed by atoms with van der Waals surface area (Å²) in [4.78, 5) is 12.1. The number of allylic oxidation sites excluding steroid dienone is 1. The van der Waals surface area contributed by atoms with E-state index in [9.17, 15) is 4.79 Å². The molecule has 0 spiro atoms. The molecule has 2 heterocycles. The summed E-state index contributed by atoms with van der Waals surface area (Å²) in [6, 6.07) is 9.85. The van der Waals surface area contributed by atoms with E-state index < -0.39 is 0 Å². The topological polar surface area (TPSA) is 44.1 Å². The minimum atomic E-state index is -0.283. The second-order valence-corrected chi connectivity index (χ2v) is 4.87. The van der Waals surface area contributed by atoms with Crippen LogP contribution in [0.2, 0.25) is 0 Å². The zero-order chi connectivity index (χ0) is 14.1. The van der Waals surface area contributed by atoms with Crippen molar-refractivity contribution in [1.82, 2.24) is 9.78 Å². The molecule has 0 saturated carbocycles. The molecule has 0 saturated heterocycles. The van der Waals surface area contributed by atoms with Crippen molar-refractivity contribution < 1.29 is 9.53 Å². The van der Waals surface area contributed by atoms with E-state index >= 15 is 0 Å². The van der Waals surface area contributed by atoms with Crippen molar-refractivity contribution in [1.29, 1.82) is 0 Å². The number of fused-ring (bicyclic) bond motifs is 1. The largest absolute Gasteiger partial charge is 0.459 e. The Morgan fingerprint density at radius 3 is 2.80 bits per heavy atom. The highest BCUT2D eigenvalue weighted by molar-refractivity contribution is 5.95. The van der Waals surface area contributed by atoms with Crippen molar-refractivity contribution in [3.8, 4) is 5.69 Å². The number of cyclic esters (lactones) is 1. The minimum absolute atomic E-state index is 0.118. The molecule has 0 aliphatic carbocycles. The zero-order valence-corrected chi connectivity index (χ0v) is 11.5. The lowest BCUT2D eigenvalue weighted by Gasteiger charge is -2.20. The van der Waals surface area contributed by atoms with Crippen molar-refractivity contribution in [3.05, 3.63) is 53.4 Å². The summed E-state index contributed by atoms with van der Waals surface area (Å²) in [6.45, 7) is 3.81. The molecular weight excluding hydrogens is 252 g/mol. The lowest BCUT2D eigenvalue weighted by atomic mass is 10.0. The Morgan fingerprint density at radius 2 is 2.10 bits per heavy atom. The Balaban J connectivity index is 2.22. The summed E-state index contributed by atoms with van der Waals surface area (Å²) in [6.07, 6.45) is 4.28. The fraction of sp³-hybridized carbons (Fsp3) is 0.250. The Hall–Kier alpha value is -2.36. The van der Waals surface area contributed by atoms with E-state index in [-0.39, 0.29) is 12.1 Å². The maximum absolute atomic E-state index is 12.1. The average Bonchev–Trinajstić information content (AvgIpc) is 2.79. The van der Waals surface area contributed by atoms with Crippen molar-refractivity contribution in [3.63, 3.8) is 0 Å². The zero-order valence-electron chi connectivity index (χ0n) is 11.5. The Kier molecular flexibility index (Phi) is 3.14. The monoisotopic (exact) mass is 268 g/mol. The average molecular weight is 268 g/mol. The first-order valence-corrected chi connectivity index (χ1v) is 6.71. The number of para-hydroxylation sites is 1. The quantitative estimate of drug-likeness (QED) is 0.786. The minimum Gasteiger partial charge on any atom is -0.459 e. The van der Waals surface area contributed by atoms with Crippen LogP contribution in [-0.4, -0.2) is 21.9 Å². The molecule has 1 unspecified atom stereocenters. The van der Waals surface area contributed by atoms with Crippen LogP contribution >= 0.6 is 0 Å². The summed E-state index contributed by atoms with van der Waals surface area (Å²) in [7, 11) is 0. The summed E-state index contributed by atoms with van der Waals surface area (Å²) in [5.41, 5.74) is 3.14. The molecule has 0 amide bonds. The van der Waals surface area contributed by atoms with Crippen LogP contribution in [0, 0.1) is 0 Å². The molecule has 2 aromatic rings. The van der Waals surface area contributed by atoms with Crippen molar-refractivity contribution >= 4 is 12.0 Å². The normalized spacial score (nSPS) is 18.1. The number of benzene rings is 1. The van der Waals surface area contributed by atoms with Gasteiger partial charge in [-0.2, -0.15) is 5.10 Å². The van der Waals surface area contributed by atoms with Gasteiger partial charge in [0.25, 0.3) is 0 Å². The maximum Gasteiger partial charge on any atom is 0.342 e. The van der Waals surface area contributed by atoms with E-state index in [4.69, 9.17) is 4.74 Å². The van der Waals surface area contributed by atoms with Crippen LogP contribution in [-0.2, 0) is 11.2 Å². The lowest BCUT2D eigenvalue weighted by Crippen LogP contribution is -2.26. The lowest BCUT2D eigenvalue weighted by molar-refractivity contribution is 0.0297. The van der Waals surface area contributed by atoms with Gasteiger partial charge >= 0.3 is 5.97 Å². The molecule has 1 atom stereocenters. The first kappa shape index (κ1) is 12.7. The molecule has 0 radical (unpaired) electrons. The summed E-state index contributed by atoms with van der Waals surface area (Å²) >= 11 is 0. The number of carbonyl (C=O) groups is 1. The first-order chi connectivity index (χ1) is 9.70. The number of nitrogens with zero attached hydrogens (tertiary/aromatic N) is 2.